The number of benzene rings is 2. The van der Waals surface area contributed by atoms with Crippen LogP contribution < -0.4 is 10.6 Å². The number of imide groups is 1. The third-order valence-corrected chi connectivity index (χ3v) is 5.90. The van der Waals surface area contributed by atoms with E-state index in [1.54, 1.807) is 17.4 Å². The van der Waals surface area contributed by atoms with E-state index in [1.165, 1.54) is 24.3 Å². The van der Waals surface area contributed by atoms with Crippen LogP contribution in [0.15, 0.2) is 36.4 Å². The van der Waals surface area contributed by atoms with Crippen molar-refractivity contribution in [1.82, 2.24) is 15.1 Å². The van der Waals surface area contributed by atoms with E-state index in [0.29, 0.717) is 30.2 Å². The number of carbonyl (C=O) groups is 3. The maximum atomic E-state index is 14.7. The first-order chi connectivity index (χ1) is 18.8. The van der Waals surface area contributed by atoms with Crippen molar-refractivity contribution >= 4 is 23.4 Å². The molecule has 2 aromatic rings. The van der Waals surface area contributed by atoms with Crippen molar-refractivity contribution in [3.63, 3.8) is 0 Å². The van der Waals surface area contributed by atoms with Crippen LogP contribution in [0.4, 0.5) is 10.1 Å². The van der Waals surface area contributed by atoms with Crippen LogP contribution in [0.5, 0.6) is 0 Å². The Morgan fingerprint density at radius 2 is 2.00 bits per heavy atom. The SMILES string of the molecule is [2H]C1([2H])c2c(NCc3cc(CN4CCOCC4)ccc3F)cccc2C(=O)N1C1C(=O)NC(=O)C([2H])([2H])C1([2H])[2H]. The van der Waals surface area contributed by atoms with Crippen molar-refractivity contribution in [2.24, 2.45) is 0 Å². The van der Waals surface area contributed by atoms with Crippen molar-refractivity contribution in [3.05, 3.63) is 64.5 Å². The molecule has 3 heterocycles. The Morgan fingerprint density at radius 1 is 1.18 bits per heavy atom. The molecule has 1 unspecified atom stereocenters. The lowest BCUT2D eigenvalue weighted by molar-refractivity contribution is -0.136. The fraction of sp³-hybridized carbons (Fsp3) is 0.400. The molecular weight excluding hydrogens is 439 g/mol. The van der Waals surface area contributed by atoms with Crippen LogP contribution in [-0.2, 0) is 33.9 Å². The van der Waals surface area contributed by atoms with Gasteiger partial charge in [0.2, 0.25) is 11.8 Å². The number of hydrogen-bond acceptors (Lipinski definition) is 6. The lowest BCUT2D eigenvalue weighted by Crippen LogP contribution is -2.52. The van der Waals surface area contributed by atoms with Gasteiger partial charge >= 0.3 is 0 Å². The molecule has 2 saturated heterocycles. The largest absolute Gasteiger partial charge is 0.381 e. The Bertz CT molecular complexity index is 1390. The molecule has 0 bridgehead atoms. The number of morpholine rings is 1. The number of halogens is 1. The summed E-state index contributed by atoms with van der Waals surface area (Å²) in [5.74, 6) is -4.37. The Kier molecular flexibility index (Phi) is 4.58. The van der Waals surface area contributed by atoms with E-state index in [9.17, 15) is 18.8 Å². The summed E-state index contributed by atoms with van der Waals surface area (Å²) < 4.78 is 69.9. The number of hydrogen-bond donors (Lipinski definition) is 2. The monoisotopic (exact) mass is 472 g/mol. The number of piperidine rings is 1. The molecule has 2 fully saturated rings. The zero-order valence-corrected chi connectivity index (χ0v) is 18.2. The van der Waals surface area contributed by atoms with Crippen molar-refractivity contribution in [3.8, 4) is 0 Å². The van der Waals surface area contributed by atoms with Gasteiger partial charge in [0.1, 0.15) is 11.9 Å². The Labute approximate surface area is 205 Å². The number of anilines is 1. The molecule has 2 aromatic carbocycles. The summed E-state index contributed by atoms with van der Waals surface area (Å²) in [6, 6.07) is 6.70. The molecule has 0 radical (unpaired) electrons. The summed E-state index contributed by atoms with van der Waals surface area (Å²) in [5, 5.41) is 4.69. The van der Waals surface area contributed by atoms with Crippen molar-refractivity contribution in [2.45, 2.75) is 38.4 Å². The fourth-order valence-corrected chi connectivity index (χ4v) is 4.14. The second-order valence-corrected chi connectivity index (χ2v) is 8.17. The van der Waals surface area contributed by atoms with Gasteiger partial charge in [-0.05, 0) is 36.2 Å². The predicted octanol–water partition coefficient (Wildman–Crippen LogP) is 2.03. The minimum atomic E-state index is -3.24. The molecule has 0 spiro atoms. The minimum absolute atomic E-state index is 0.0642. The summed E-state index contributed by atoms with van der Waals surface area (Å²) in [6.45, 7) is 0.518. The van der Waals surface area contributed by atoms with Gasteiger partial charge in [-0.2, -0.15) is 0 Å². The van der Waals surface area contributed by atoms with E-state index in [-0.39, 0.29) is 23.4 Å². The first kappa shape index (κ1) is 16.3. The van der Waals surface area contributed by atoms with Gasteiger partial charge in [-0.3, -0.25) is 24.6 Å². The van der Waals surface area contributed by atoms with Gasteiger partial charge in [0.05, 0.1) is 16.0 Å². The van der Waals surface area contributed by atoms with E-state index in [4.69, 9.17) is 13.0 Å². The predicted molar refractivity (Wildman–Crippen MR) is 122 cm³/mol. The van der Waals surface area contributed by atoms with Gasteiger partial charge < -0.3 is 15.0 Å². The van der Waals surface area contributed by atoms with Gasteiger partial charge in [0, 0.05) is 66.9 Å². The number of ether oxygens (including phenoxy) is 1. The van der Waals surface area contributed by atoms with Crippen LogP contribution in [0.3, 0.4) is 0 Å². The quantitative estimate of drug-likeness (QED) is 0.626. The summed E-state index contributed by atoms with van der Waals surface area (Å²) in [7, 11) is 0. The average molecular weight is 473 g/mol. The molecule has 0 aromatic heterocycles. The van der Waals surface area contributed by atoms with Crippen LogP contribution in [-0.4, -0.2) is 59.9 Å². The fourth-order valence-electron chi connectivity index (χ4n) is 4.14. The standard InChI is InChI=1S/C25H27FN4O4/c26-20-5-4-16(14-29-8-10-34-11-9-29)12-17(20)13-27-21-3-1-2-18-19(21)15-30(25(18)33)22-6-7-23(31)28-24(22)32/h1-5,12,22,27H,6-11,13-15H2,(H,28,31,32)/i6D2,7D2,15D2. The van der Waals surface area contributed by atoms with Crippen molar-refractivity contribution < 1.29 is 31.7 Å². The Morgan fingerprint density at radius 3 is 2.82 bits per heavy atom. The third-order valence-electron chi connectivity index (χ3n) is 5.90. The highest BCUT2D eigenvalue weighted by atomic mass is 19.1. The van der Waals surface area contributed by atoms with E-state index < -0.39 is 48.8 Å². The second-order valence-electron chi connectivity index (χ2n) is 8.17. The topological polar surface area (TPSA) is 91.0 Å². The zero-order chi connectivity index (χ0) is 29.0. The molecule has 9 heteroatoms. The number of nitrogens with one attached hydrogen (secondary N) is 2. The number of carbonyl (C=O) groups excluding carboxylic acids is 3. The minimum Gasteiger partial charge on any atom is -0.381 e. The van der Waals surface area contributed by atoms with E-state index in [0.717, 1.165) is 18.7 Å². The summed E-state index contributed by atoms with van der Waals surface area (Å²) >= 11 is 0. The van der Waals surface area contributed by atoms with E-state index in [1.807, 2.05) is 0 Å². The number of fused-ring (bicyclic) bond motifs is 1. The molecule has 1 atom stereocenters. The molecule has 3 aliphatic rings. The molecule has 34 heavy (non-hydrogen) atoms. The summed E-state index contributed by atoms with van der Waals surface area (Å²) in [6.07, 6.45) is -6.46. The van der Waals surface area contributed by atoms with Crippen LogP contribution in [0.25, 0.3) is 0 Å². The van der Waals surface area contributed by atoms with E-state index >= 15 is 0 Å². The van der Waals surface area contributed by atoms with Crippen molar-refractivity contribution in [1.29, 1.82) is 0 Å². The van der Waals surface area contributed by atoms with Crippen LogP contribution in [0.1, 0.15) is 48.0 Å². The smallest absolute Gasteiger partial charge is 0.255 e. The number of rotatable bonds is 6. The number of amides is 3. The molecule has 0 aliphatic carbocycles. The molecule has 2 N–H and O–H groups in total. The summed E-state index contributed by atoms with van der Waals surface area (Å²) in [5.41, 5.74) is 0.931. The average Bonchev–Trinajstić information content (AvgIpc) is 3.10. The highest BCUT2D eigenvalue weighted by Gasteiger charge is 2.39. The maximum Gasteiger partial charge on any atom is 0.255 e. The number of nitrogens with zero attached hydrogens (tertiary/aromatic N) is 2. The van der Waals surface area contributed by atoms with Gasteiger partial charge in [-0.25, -0.2) is 4.39 Å². The molecule has 0 saturated carbocycles. The lowest BCUT2D eigenvalue weighted by Gasteiger charge is -2.29. The van der Waals surface area contributed by atoms with Gasteiger partial charge in [0.25, 0.3) is 5.91 Å². The molecule has 8 nitrogen and oxygen atoms in total. The van der Waals surface area contributed by atoms with Gasteiger partial charge in [-0.15, -0.1) is 0 Å². The highest BCUT2D eigenvalue weighted by molar-refractivity contribution is 6.06. The first-order valence-corrected chi connectivity index (χ1v) is 10.9. The van der Waals surface area contributed by atoms with Crippen LogP contribution in [0, 0.1) is 5.82 Å². The molecule has 3 amide bonds. The summed E-state index contributed by atoms with van der Waals surface area (Å²) in [4.78, 5) is 40.6. The normalized spacial score (nSPS) is 28.0. The van der Waals surface area contributed by atoms with Gasteiger partial charge in [0.15, 0.2) is 0 Å². The second kappa shape index (κ2) is 9.52. The maximum absolute atomic E-state index is 14.7. The zero-order valence-electron chi connectivity index (χ0n) is 24.2. The molecular formula is C25H27FN4O4. The highest BCUT2D eigenvalue weighted by Crippen LogP contribution is 2.32. The first-order valence-electron chi connectivity index (χ1n) is 13.9. The van der Waals surface area contributed by atoms with E-state index in [2.05, 4.69) is 10.2 Å². The Hall–Kier alpha value is -3.30. The van der Waals surface area contributed by atoms with Crippen molar-refractivity contribution in [2.75, 3.05) is 31.6 Å². The molecule has 5 rings (SSSR count). The van der Waals surface area contributed by atoms with Crippen LogP contribution >= 0.6 is 0 Å². The van der Waals surface area contributed by atoms with Gasteiger partial charge in [-0.1, -0.05) is 12.1 Å². The third kappa shape index (κ3) is 4.53. The van der Waals surface area contributed by atoms with Crippen LogP contribution in [0.2, 0.25) is 0 Å². The lowest BCUT2D eigenvalue weighted by atomic mass is 10.0. The molecule has 3 aliphatic heterocycles. The Balaban J connectivity index is 1.43. The molecule has 178 valence electrons.